The monoisotopic (exact) mass is 565 g/mol. The van der Waals surface area contributed by atoms with Gasteiger partial charge < -0.3 is 25.2 Å². The number of nitrogens with one attached hydrogen (secondary N) is 2. The number of rotatable bonds is 5. The van der Waals surface area contributed by atoms with Gasteiger partial charge in [-0.3, -0.25) is 9.59 Å². The van der Waals surface area contributed by atoms with Crippen molar-refractivity contribution in [2.24, 2.45) is 0 Å². The van der Waals surface area contributed by atoms with Gasteiger partial charge in [0.15, 0.2) is 0 Å². The predicted octanol–water partition coefficient (Wildman–Crippen LogP) is 4.79. The maximum Gasteiger partial charge on any atom is 0.410 e. The number of aryl methyl sites for hydroxylation is 1. The van der Waals surface area contributed by atoms with Gasteiger partial charge in [-0.15, -0.1) is 0 Å². The second-order valence-electron chi connectivity index (χ2n) is 10.4. The highest BCUT2D eigenvalue weighted by Gasteiger charge is 2.25. The molecule has 1 fully saturated rings. The number of hydrogen-bond acceptors (Lipinski definition) is 8. The number of amides is 3. The summed E-state index contributed by atoms with van der Waals surface area (Å²) < 4.78 is 5.49. The van der Waals surface area contributed by atoms with Gasteiger partial charge in [0, 0.05) is 32.4 Å². The minimum Gasteiger partial charge on any atom is -0.444 e. The second-order valence-corrected chi connectivity index (χ2v) is 10.8. The van der Waals surface area contributed by atoms with E-state index in [4.69, 9.17) is 16.3 Å². The maximum atomic E-state index is 13.0. The summed E-state index contributed by atoms with van der Waals surface area (Å²) in [4.78, 5) is 55.0. The summed E-state index contributed by atoms with van der Waals surface area (Å²) in [7, 11) is 0. The van der Waals surface area contributed by atoms with Crippen LogP contribution in [0.3, 0.4) is 0 Å². The number of ether oxygens (including phenoxy) is 1. The van der Waals surface area contributed by atoms with Gasteiger partial charge in [-0.1, -0.05) is 23.2 Å². The molecule has 1 saturated heterocycles. The van der Waals surface area contributed by atoms with E-state index >= 15 is 0 Å². The fourth-order valence-corrected chi connectivity index (χ4v) is 4.14. The van der Waals surface area contributed by atoms with Crippen LogP contribution in [-0.2, 0) is 4.74 Å². The molecule has 0 unspecified atom stereocenters. The summed E-state index contributed by atoms with van der Waals surface area (Å²) in [5, 5.41) is 5.92. The van der Waals surface area contributed by atoms with E-state index in [1.807, 2.05) is 32.6 Å². The van der Waals surface area contributed by atoms with Gasteiger partial charge in [0.1, 0.15) is 22.9 Å². The van der Waals surface area contributed by atoms with Crippen LogP contribution in [-0.4, -0.2) is 69.5 Å². The lowest BCUT2D eigenvalue weighted by molar-refractivity contribution is 0.0263. The summed E-state index contributed by atoms with van der Waals surface area (Å²) in [6.45, 7) is 9.69. The van der Waals surface area contributed by atoms with Gasteiger partial charge in [-0.2, -0.15) is 0 Å². The highest BCUT2D eigenvalue weighted by Crippen LogP contribution is 2.21. The molecule has 2 N–H and O–H groups in total. The van der Waals surface area contributed by atoms with Crippen LogP contribution >= 0.6 is 11.6 Å². The number of nitrogens with zero attached hydrogens (tertiary/aromatic N) is 5. The number of hydrogen-bond donors (Lipinski definition) is 2. The third kappa shape index (κ3) is 7.66. The average molecular weight is 566 g/mol. The fourth-order valence-electron chi connectivity index (χ4n) is 4.03. The van der Waals surface area contributed by atoms with Crippen LogP contribution in [0.2, 0.25) is 5.02 Å². The number of pyridine rings is 1. The molecule has 0 atom stereocenters. The zero-order valence-corrected chi connectivity index (χ0v) is 23.7. The third-order valence-electron chi connectivity index (χ3n) is 5.98. The molecule has 0 radical (unpaired) electrons. The van der Waals surface area contributed by atoms with E-state index in [9.17, 15) is 14.4 Å². The molecular formula is C28H32ClN7O4. The molecule has 2 aromatic heterocycles. The molecule has 0 saturated carbocycles. The molecule has 0 spiro atoms. The molecule has 4 rings (SSSR count). The van der Waals surface area contributed by atoms with Crippen molar-refractivity contribution < 1.29 is 19.1 Å². The molecule has 0 bridgehead atoms. The van der Waals surface area contributed by atoms with Crippen LogP contribution in [0.25, 0.3) is 0 Å². The van der Waals surface area contributed by atoms with E-state index in [0.29, 0.717) is 48.5 Å². The van der Waals surface area contributed by atoms with Crippen molar-refractivity contribution in [3.63, 3.8) is 0 Å². The number of carbonyl (C=O) groups is 3. The first-order valence-electron chi connectivity index (χ1n) is 12.9. The number of aromatic nitrogens is 3. The van der Waals surface area contributed by atoms with E-state index in [1.54, 1.807) is 35.2 Å². The lowest BCUT2D eigenvalue weighted by atomic mass is 10.1. The van der Waals surface area contributed by atoms with Crippen molar-refractivity contribution in [1.29, 1.82) is 0 Å². The van der Waals surface area contributed by atoms with Crippen molar-refractivity contribution in [2.45, 2.75) is 39.7 Å². The molecule has 210 valence electrons. The van der Waals surface area contributed by atoms with E-state index < -0.39 is 17.4 Å². The van der Waals surface area contributed by atoms with Gasteiger partial charge in [-0.25, -0.2) is 19.7 Å². The van der Waals surface area contributed by atoms with Crippen molar-refractivity contribution >= 4 is 46.8 Å². The molecule has 3 heterocycles. The summed E-state index contributed by atoms with van der Waals surface area (Å²) in [6.07, 6.45) is 4.77. The Kier molecular flexibility index (Phi) is 8.83. The Hall–Kier alpha value is -4.25. The van der Waals surface area contributed by atoms with Crippen molar-refractivity contribution in [2.75, 3.05) is 41.7 Å². The Balaban J connectivity index is 1.41. The minimum atomic E-state index is -0.554. The van der Waals surface area contributed by atoms with Gasteiger partial charge in [0.05, 0.1) is 28.7 Å². The van der Waals surface area contributed by atoms with Gasteiger partial charge in [0.25, 0.3) is 11.8 Å². The molecule has 40 heavy (non-hydrogen) atoms. The fraction of sp³-hybridized carbons (Fsp3) is 0.357. The van der Waals surface area contributed by atoms with Gasteiger partial charge in [-0.05, 0) is 58.4 Å². The van der Waals surface area contributed by atoms with E-state index in [1.165, 1.54) is 18.6 Å². The Morgan fingerprint density at radius 2 is 1.70 bits per heavy atom. The van der Waals surface area contributed by atoms with Gasteiger partial charge in [0.2, 0.25) is 0 Å². The topological polar surface area (TPSA) is 130 Å². The number of anilines is 3. The van der Waals surface area contributed by atoms with Crippen molar-refractivity contribution in [3.05, 3.63) is 70.8 Å². The SMILES string of the molecule is Cc1ccc(NC(=O)c2cnc(N3CCCN(C(=O)OC(C)(C)C)CC3)cn2)c(C(=O)Nc2ccc(Cl)cn2)c1. The summed E-state index contributed by atoms with van der Waals surface area (Å²) in [6, 6.07) is 8.34. The molecule has 1 aliphatic heterocycles. The first-order chi connectivity index (χ1) is 19.0. The standard InChI is InChI=1S/C28H32ClN7O4/c1-18-6-8-21(20(14-18)25(37)34-23-9-7-19(29)15-31-23)33-26(38)22-16-32-24(17-30-22)35-10-5-11-36(13-12-35)27(39)40-28(2,3)4/h6-9,14-17H,5,10-13H2,1-4H3,(H,33,38)(H,31,34,37). The predicted molar refractivity (Wildman–Crippen MR) is 153 cm³/mol. The van der Waals surface area contributed by atoms with Crippen molar-refractivity contribution in [3.8, 4) is 0 Å². The van der Waals surface area contributed by atoms with E-state index in [0.717, 1.165) is 12.0 Å². The molecule has 11 nitrogen and oxygen atoms in total. The second kappa shape index (κ2) is 12.3. The Bertz CT molecular complexity index is 1370. The maximum absolute atomic E-state index is 13.0. The van der Waals surface area contributed by atoms with Crippen LogP contribution in [0, 0.1) is 6.92 Å². The number of halogens is 1. The third-order valence-corrected chi connectivity index (χ3v) is 6.20. The number of carbonyl (C=O) groups excluding carboxylic acids is 3. The van der Waals surface area contributed by atoms with Crippen LogP contribution in [0.4, 0.5) is 22.1 Å². The molecular weight excluding hydrogens is 534 g/mol. The summed E-state index contributed by atoms with van der Waals surface area (Å²) in [5.41, 5.74) is 0.984. The molecule has 3 aromatic rings. The first kappa shape index (κ1) is 28.8. The number of benzene rings is 1. The normalized spacial score (nSPS) is 13.8. The first-order valence-corrected chi connectivity index (χ1v) is 13.3. The Morgan fingerprint density at radius 1 is 0.900 bits per heavy atom. The molecule has 1 aromatic carbocycles. The molecule has 3 amide bonds. The molecule has 1 aliphatic rings. The highest BCUT2D eigenvalue weighted by atomic mass is 35.5. The van der Waals surface area contributed by atoms with E-state index in [-0.39, 0.29) is 17.4 Å². The van der Waals surface area contributed by atoms with Gasteiger partial charge >= 0.3 is 6.09 Å². The Labute approximate surface area is 237 Å². The van der Waals surface area contributed by atoms with Crippen LogP contribution in [0.1, 0.15) is 53.6 Å². The van der Waals surface area contributed by atoms with E-state index in [2.05, 4.69) is 25.6 Å². The van der Waals surface area contributed by atoms with Crippen LogP contribution in [0.15, 0.2) is 48.9 Å². The lowest BCUT2D eigenvalue weighted by Crippen LogP contribution is -2.39. The lowest BCUT2D eigenvalue weighted by Gasteiger charge is -2.26. The minimum absolute atomic E-state index is 0.0975. The molecule has 0 aliphatic carbocycles. The quantitative estimate of drug-likeness (QED) is 0.452. The summed E-state index contributed by atoms with van der Waals surface area (Å²) in [5.74, 6) is -0.00351. The van der Waals surface area contributed by atoms with Crippen LogP contribution < -0.4 is 15.5 Å². The highest BCUT2D eigenvalue weighted by molar-refractivity contribution is 6.30. The largest absolute Gasteiger partial charge is 0.444 e. The van der Waals surface area contributed by atoms with Crippen molar-refractivity contribution in [1.82, 2.24) is 19.9 Å². The Morgan fingerprint density at radius 3 is 2.38 bits per heavy atom. The smallest absolute Gasteiger partial charge is 0.410 e. The zero-order chi connectivity index (χ0) is 28.9. The summed E-state index contributed by atoms with van der Waals surface area (Å²) >= 11 is 5.87. The average Bonchev–Trinajstić information content (AvgIpc) is 3.17. The van der Waals surface area contributed by atoms with Crippen LogP contribution in [0.5, 0.6) is 0 Å². The molecule has 12 heteroatoms. The zero-order valence-electron chi connectivity index (χ0n) is 22.9.